The van der Waals surface area contributed by atoms with Gasteiger partial charge in [-0.15, -0.1) is 0 Å². The number of methoxy groups -OCH3 is 1. The Morgan fingerprint density at radius 3 is 2.41 bits per heavy atom. The third-order valence-electron chi connectivity index (χ3n) is 3.77. The molecule has 22 heavy (non-hydrogen) atoms. The van der Waals surface area contributed by atoms with E-state index in [4.69, 9.17) is 4.74 Å². The molecule has 0 aliphatic carbocycles. The van der Waals surface area contributed by atoms with E-state index in [-0.39, 0.29) is 12.2 Å². The van der Waals surface area contributed by atoms with Crippen molar-refractivity contribution < 1.29 is 19.4 Å². The lowest BCUT2D eigenvalue weighted by Gasteiger charge is -2.20. The summed E-state index contributed by atoms with van der Waals surface area (Å²) in [6.07, 6.45) is 3.04. The lowest BCUT2D eigenvalue weighted by atomic mass is 9.87. The summed E-state index contributed by atoms with van der Waals surface area (Å²) >= 11 is 0. The molecule has 2 rings (SSSR count). The number of rotatable bonds is 4. The average molecular weight is 301 g/mol. The predicted molar refractivity (Wildman–Crippen MR) is 82.5 cm³/mol. The third kappa shape index (κ3) is 2.67. The summed E-state index contributed by atoms with van der Waals surface area (Å²) in [6, 6.07) is 6.56. The molecule has 0 saturated carbocycles. The molecule has 1 amide bonds. The quantitative estimate of drug-likeness (QED) is 0.834. The molecule has 1 unspecified atom stereocenters. The number of hydrogen-bond acceptors (Lipinski definition) is 4. The molecule has 0 radical (unpaired) electrons. The zero-order chi connectivity index (χ0) is 16.3. The van der Waals surface area contributed by atoms with Crippen LogP contribution in [0.5, 0.6) is 5.75 Å². The van der Waals surface area contributed by atoms with Crippen LogP contribution in [-0.4, -0.2) is 29.5 Å². The average Bonchev–Trinajstić information content (AvgIpc) is 2.77. The van der Waals surface area contributed by atoms with Crippen LogP contribution in [0.15, 0.2) is 47.7 Å². The van der Waals surface area contributed by atoms with E-state index < -0.39 is 11.5 Å². The van der Waals surface area contributed by atoms with E-state index in [1.807, 2.05) is 0 Å². The van der Waals surface area contributed by atoms with Gasteiger partial charge in [-0.2, -0.15) is 0 Å². The smallest absolute Gasteiger partial charge is 0.261 e. The van der Waals surface area contributed by atoms with Gasteiger partial charge in [0.1, 0.15) is 5.75 Å². The summed E-state index contributed by atoms with van der Waals surface area (Å²) < 4.78 is 5.04. The fourth-order valence-electron chi connectivity index (χ4n) is 2.55. The van der Waals surface area contributed by atoms with Crippen LogP contribution in [0.1, 0.15) is 30.6 Å². The Morgan fingerprint density at radius 1 is 1.27 bits per heavy atom. The summed E-state index contributed by atoms with van der Waals surface area (Å²) in [5.41, 5.74) is -0.432. The fraction of sp³-hybridized carbons (Fsp3) is 0.294. The van der Waals surface area contributed by atoms with E-state index in [9.17, 15) is 14.7 Å². The maximum absolute atomic E-state index is 12.4. The number of ether oxygens (including phenoxy) is 1. The second kappa shape index (κ2) is 6.15. The van der Waals surface area contributed by atoms with Crippen molar-refractivity contribution in [2.24, 2.45) is 0 Å². The van der Waals surface area contributed by atoms with E-state index in [2.05, 4.69) is 5.32 Å². The normalized spacial score (nSPS) is 24.6. The Morgan fingerprint density at radius 2 is 1.91 bits per heavy atom. The molecule has 0 aromatic heterocycles. The molecule has 0 spiro atoms. The minimum Gasteiger partial charge on any atom is -0.497 e. The number of Topliss-reactive ketones (excluding diaryl/α,β-unsaturated/α-hetero) is 1. The zero-order valence-corrected chi connectivity index (χ0v) is 12.8. The topological polar surface area (TPSA) is 75.6 Å². The Kier molecular flexibility index (Phi) is 4.47. The van der Waals surface area contributed by atoms with Crippen LogP contribution in [0.3, 0.4) is 0 Å². The second-order valence-electron chi connectivity index (χ2n) is 5.05. The van der Waals surface area contributed by atoms with Gasteiger partial charge >= 0.3 is 0 Å². The predicted octanol–water partition coefficient (Wildman–Crippen LogP) is 1.98. The standard InChI is InChI=1S/C17H19NO4/c1-4-13-14(5-2)18-16(20)17(13,21)10-15(19)11-6-8-12(22-3)9-7-11/h4-9,21H,10H2,1-3H3,(H,18,20)/b13-4-,14-5-. The van der Waals surface area contributed by atoms with Crippen molar-refractivity contribution in [2.45, 2.75) is 25.9 Å². The van der Waals surface area contributed by atoms with Gasteiger partial charge < -0.3 is 15.2 Å². The summed E-state index contributed by atoms with van der Waals surface area (Å²) in [4.78, 5) is 24.5. The number of allylic oxidation sites excluding steroid dienone is 2. The van der Waals surface area contributed by atoms with Crippen molar-refractivity contribution in [3.8, 4) is 5.75 Å². The molecule has 1 aromatic rings. The number of nitrogens with one attached hydrogen (secondary N) is 1. The molecule has 1 atom stereocenters. The van der Waals surface area contributed by atoms with Crippen LogP contribution in [0.2, 0.25) is 0 Å². The van der Waals surface area contributed by atoms with Gasteiger partial charge in [0.05, 0.1) is 13.5 Å². The van der Waals surface area contributed by atoms with E-state index in [1.54, 1.807) is 57.4 Å². The monoisotopic (exact) mass is 301 g/mol. The van der Waals surface area contributed by atoms with E-state index in [1.165, 1.54) is 0 Å². The summed E-state index contributed by atoms with van der Waals surface area (Å²) in [5.74, 6) is -0.244. The highest BCUT2D eigenvalue weighted by Gasteiger charge is 2.48. The van der Waals surface area contributed by atoms with Gasteiger partial charge in [-0.05, 0) is 38.1 Å². The van der Waals surface area contributed by atoms with Crippen molar-refractivity contribution in [1.82, 2.24) is 5.32 Å². The van der Waals surface area contributed by atoms with Crippen LogP contribution in [0, 0.1) is 0 Å². The van der Waals surface area contributed by atoms with Crippen LogP contribution >= 0.6 is 0 Å². The minimum atomic E-state index is -1.83. The van der Waals surface area contributed by atoms with Crippen molar-refractivity contribution in [2.75, 3.05) is 7.11 Å². The van der Waals surface area contributed by atoms with Gasteiger partial charge in [0.25, 0.3) is 5.91 Å². The lowest BCUT2D eigenvalue weighted by Crippen LogP contribution is -2.41. The van der Waals surface area contributed by atoms with Crippen molar-refractivity contribution in [3.05, 3.63) is 53.3 Å². The lowest BCUT2D eigenvalue weighted by molar-refractivity contribution is -0.132. The number of hydrogen-bond donors (Lipinski definition) is 2. The number of amides is 1. The van der Waals surface area contributed by atoms with Gasteiger partial charge in [-0.25, -0.2) is 0 Å². The Hall–Kier alpha value is -2.40. The first-order valence-electron chi connectivity index (χ1n) is 7.00. The molecule has 2 N–H and O–H groups in total. The fourth-order valence-corrected chi connectivity index (χ4v) is 2.55. The van der Waals surface area contributed by atoms with Crippen molar-refractivity contribution in [3.63, 3.8) is 0 Å². The molecular weight excluding hydrogens is 282 g/mol. The zero-order valence-electron chi connectivity index (χ0n) is 12.8. The molecule has 1 fully saturated rings. The van der Waals surface area contributed by atoms with E-state index in [0.29, 0.717) is 22.6 Å². The molecule has 5 heteroatoms. The Balaban J connectivity index is 2.27. The summed E-state index contributed by atoms with van der Waals surface area (Å²) in [6.45, 7) is 3.48. The van der Waals surface area contributed by atoms with Gasteiger partial charge in [0.2, 0.25) is 0 Å². The highest BCUT2D eigenvalue weighted by Crippen LogP contribution is 2.34. The maximum Gasteiger partial charge on any atom is 0.261 e. The Bertz CT molecular complexity index is 658. The Labute approximate surface area is 129 Å². The molecule has 1 heterocycles. The van der Waals surface area contributed by atoms with Crippen LogP contribution < -0.4 is 10.1 Å². The first-order chi connectivity index (χ1) is 10.5. The summed E-state index contributed by atoms with van der Waals surface area (Å²) in [7, 11) is 1.54. The minimum absolute atomic E-state index is 0.303. The number of aliphatic hydroxyl groups is 1. The van der Waals surface area contributed by atoms with Gasteiger partial charge in [-0.1, -0.05) is 12.2 Å². The number of carbonyl (C=O) groups excluding carboxylic acids is 2. The first-order valence-corrected chi connectivity index (χ1v) is 7.00. The molecule has 5 nitrogen and oxygen atoms in total. The second-order valence-corrected chi connectivity index (χ2v) is 5.05. The molecule has 1 aromatic carbocycles. The van der Waals surface area contributed by atoms with Crippen LogP contribution in [0.4, 0.5) is 0 Å². The first kappa shape index (κ1) is 16.0. The molecular formula is C17H19NO4. The van der Waals surface area contributed by atoms with Gasteiger partial charge in [0, 0.05) is 16.8 Å². The largest absolute Gasteiger partial charge is 0.497 e. The molecule has 1 aliphatic heterocycles. The molecule has 0 bridgehead atoms. The maximum atomic E-state index is 12.4. The van der Waals surface area contributed by atoms with Gasteiger partial charge in [-0.3, -0.25) is 9.59 Å². The molecule has 116 valence electrons. The number of ketones is 1. The SMILES string of the molecule is C/C=C1\NC(=O)C(O)(CC(=O)c2ccc(OC)cc2)\C1=C/C. The van der Waals surface area contributed by atoms with Crippen LogP contribution in [-0.2, 0) is 4.79 Å². The molecule has 1 aliphatic rings. The number of benzene rings is 1. The molecule has 1 saturated heterocycles. The highest BCUT2D eigenvalue weighted by atomic mass is 16.5. The third-order valence-corrected chi connectivity index (χ3v) is 3.77. The van der Waals surface area contributed by atoms with E-state index in [0.717, 1.165) is 0 Å². The van der Waals surface area contributed by atoms with E-state index >= 15 is 0 Å². The van der Waals surface area contributed by atoms with Gasteiger partial charge in [0.15, 0.2) is 11.4 Å². The van der Waals surface area contributed by atoms with Crippen molar-refractivity contribution in [1.29, 1.82) is 0 Å². The van der Waals surface area contributed by atoms with Crippen LogP contribution in [0.25, 0.3) is 0 Å². The van der Waals surface area contributed by atoms with Crippen molar-refractivity contribution >= 4 is 11.7 Å². The highest BCUT2D eigenvalue weighted by molar-refractivity contribution is 6.05. The summed E-state index contributed by atoms with van der Waals surface area (Å²) in [5, 5.41) is 13.3. The number of carbonyl (C=O) groups is 2.